The van der Waals surface area contributed by atoms with E-state index in [-0.39, 0.29) is 31.3 Å². The van der Waals surface area contributed by atoms with Crippen LogP contribution in [0.5, 0.6) is 5.75 Å². The summed E-state index contributed by atoms with van der Waals surface area (Å²) in [6.45, 7) is 0.138. The summed E-state index contributed by atoms with van der Waals surface area (Å²) in [7, 11) is 2.86. The van der Waals surface area contributed by atoms with Crippen molar-refractivity contribution in [3.05, 3.63) is 23.8 Å². The zero-order valence-corrected chi connectivity index (χ0v) is 11.1. The molecule has 3 N–H and O–H groups in total. The second kappa shape index (κ2) is 7.38. The van der Waals surface area contributed by atoms with Crippen molar-refractivity contribution in [1.29, 1.82) is 0 Å². The first kappa shape index (κ1) is 15.0. The van der Waals surface area contributed by atoms with E-state index < -0.39 is 0 Å². The molecule has 0 spiro atoms. The molecule has 0 saturated heterocycles. The number of Topliss-reactive ketones (excluding diaryl/α,β-unsaturated/α-hetero) is 1. The summed E-state index contributed by atoms with van der Waals surface area (Å²) in [5.74, 6) is 0.146. The standard InChI is InChI=1S/C13H18N2O4/c1-18-12-5-9(6-13(17)19-2)3-4-11(12)15-8-10(16)7-14/h3-5,15H,6-8,14H2,1-2H3. The fourth-order valence-electron chi connectivity index (χ4n) is 1.50. The smallest absolute Gasteiger partial charge is 0.309 e. The molecule has 104 valence electrons. The highest BCUT2D eigenvalue weighted by Crippen LogP contribution is 2.25. The summed E-state index contributed by atoms with van der Waals surface area (Å²) < 4.78 is 9.81. The minimum Gasteiger partial charge on any atom is -0.495 e. The van der Waals surface area contributed by atoms with Crippen LogP contribution in [0.4, 0.5) is 5.69 Å². The maximum absolute atomic E-state index is 11.2. The lowest BCUT2D eigenvalue weighted by atomic mass is 10.1. The van der Waals surface area contributed by atoms with Crippen molar-refractivity contribution in [2.24, 2.45) is 5.73 Å². The van der Waals surface area contributed by atoms with Gasteiger partial charge in [-0.25, -0.2) is 0 Å². The van der Waals surface area contributed by atoms with Crippen LogP contribution in [0.3, 0.4) is 0 Å². The summed E-state index contributed by atoms with van der Waals surface area (Å²) in [6.07, 6.45) is 0.175. The third-order valence-electron chi connectivity index (χ3n) is 2.55. The Hall–Kier alpha value is -2.08. The average molecular weight is 266 g/mol. The molecule has 0 bridgehead atoms. The lowest BCUT2D eigenvalue weighted by molar-refractivity contribution is -0.139. The Kier molecular flexibility index (Phi) is 5.81. The molecule has 1 aromatic rings. The molecular formula is C13H18N2O4. The molecule has 0 aliphatic rings. The molecule has 0 radical (unpaired) electrons. The van der Waals surface area contributed by atoms with E-state index in [2.05, 4.69) is 10.1 Å². The molecule has 0 aliphatic carbocycles. The molecule has 6 heteroatoms. The number of hydrogen-bond acceptors (Lipinski definition) is 6. The second-order valence-electron chi connectivity index (χ2n) is 3.88. The topological polar surface area (TPSA) is 90.7 Å². The van der Waals surface area contributed by atoms with Gasteiger partial charge in [0.05, 0.1) is 39.4 Å². The van der Waals surface area contributed by atoms with Gasteiger partial charge in [0.1, 0.15) is 5.75 Å². The van der Waals surface area contributed by atoms with Crippen LogP contribution in [0.15, 0.2) is 18.2 Å². The van der Waals surface area contributed by atoms with Crippen molar-refractivity contribution in [2.75, 3.05) is 32.6 Å². The molecule has 19 heavy (non-hydrogen) atoms. The molecule has 0 aromatic heterocycles. The minimum atomic E-state index is -0.318. The zero-order chi connectivity index (χ0) is 14.3. The van der Waals surface area contributed by atoms with Crippen LogP contribution in [0.25, 0.3) is 0 Å². The van der Waals surface area contributed by atoms with Gasteiger partial charge in [-0.15, -0.1) is 0 Å². The lowest BCUT2D eigenvalue weighted by Gasteiger charge is -2.12. The molecule has 0 heterocycles. The summed E-state index contributed by atoms with van der Waals surface area (Å²) in [5, 5.41) is 2.94. The fraction of sp³-hybridized carbons (Fsp3) is 0.385. The Morgan fingerprint density at radius 1 is 1.32 bits per heavy atom. The van der Waals surface area contributed by atoms with Crippen LogP contribution in [0.2, 0.25) is 0 Å². The van der Waals surface area contributed by atoms with E-state index in [4.69, 9.17) is 10.5 Å². The van der Waals surface area contributed by atoms with Crippen molar-refractivity contribution in [3.63, 3.8) is 0 Å². The van der Waals surface area contributed by atoms with Crippen LogP contribution in [-0.2, 0) is 20.7 Å². The largest absolute Gasteiger partial charge is 0.495 e. The number of rotatable bonds is 7. The third kappa shape index (κ3) is 4.59. The number of carbonyl (C=O) groups is 2. The predicted octanol–water partition coefficient (Wildman–Crippen LogP) is 0.350. The first-order valence-corrected chi connectivity index (χ1v) is 5.80. The van der Waals surface area contributed by atoms with Crippen molar-refractivity contribution >= 4 is 17.4 Å². The van der Waals surface area contributed by atoms with Crippen LogP contribution in [0, 0.1) is 0 Å². The highest BCUT2D eigenvalue weighted by molar-refractivity contribution is 5.85. The van der Waals surface area contributed by atoms with Crippen molar-refractivity contribution < 1.29 is 19.1 Å². The van der Waals surface area contributed by atoms with E-state index in [9.17, 15) is 9.59 Å². The molecule has 0 aliphatic heterocycles. The number of esters is 1. The summed E-state index contributed by atoms with van der Waals surface area (Å²) in [6, 6.07) is 5.25. The molecule has 0 unspecified atom stereocenters. The van der Waals surface area contributed by atoms with Crippen molar-refractivity contribution in [2.45, 2.75) is 6.42 Å². The first-order chi connectivity index (χ1) is 9.10. The van der Waals surface area contributed by atoms with Gasteiger partial charge >= 0.3 is 5.97 Å². The van der Waals surface area contributed by atoms with Crippen LogP contribution in [0.1, 0.15) is 5.56 Å². The Labute approximate surface area is 111 Å². The Balaban J connectivity index is 2.78. The number of benzene rings is 1. The van der Waals surface area contributed by atoms with Gasteiger partial charge in [0.2, 0.25) is 0 Å². The van der Waals surface area contributed by atoms with E-state index >= 15 is 0 Å². The normalized spacial score (nSPS) is 9.84. The minimum absolute atomic E-state index is 0.00423. The van der Waals surface area contributed by atoms with Crippen LogP contribution < -0.4 is 15.8 Å². The molecule has 0 saturated carbocycles. The number of ether oxygens (including phenoxy) is 2. The Morgan fingerprint density at radius 3 is 2.63 bits per heavy atom. The monoisotopic (exact) mass is 266 g/mol. The van der Waals surface area contributed by atoms with Crippen LogP contribution in [-0.4, -0.2) is 39.1 Å². The fourth-order valence-corrected chi connectivity index (χ4v) is 1.50. The summed E-state index contributed by atoms with van der Waals surface area (Å²) >= 11 is 0. The lowest BCUT2D eigenvalue weighted by Crippen LogP contribution is -2.22. The maximum Gasteiger partial charge on any atom is 0.309 e. The molecule has 0 amide bonds. The van der Waals surface area contributed by atoms with E-state index in [1.807, 2.05) is 0 Å². The van der Waals surface area contributed by atoms with E-state index in [1.54, 1.807) is 18.2 Å². The summed E-state index contributed by atoms with van der Waals surface area (Å²) in [4.78, 5) is 22.3. The highest BCUT2D eigenvalue weighted by atomic mass is 16.5. The molecular weight excluding hydrogens is 248 g/mol. The van der Waals surface area contributed by atoms with Gasteiger partial charge < -0.3 is 20.5 Å². The maximum atomic E-state index is 11.2. The summed E-state index contributed by atoms with van der Waals surface area (Å²) in [5.41, 5.74) is 6.68. The Morgan fingerprint density at radius 2 is 2.05 bits per heavy atom. The molecule has 1 aromatic carbocycles. The number of anilines is 1. The van der Waals surface area contributed by atoms with Gasteiger partial charge in [0.15, 0.2) is 5.78 Å². The van der Waals surface area contributed by atoms with Gasteiger partial charge in [-0.3, -0.25) is 9.59 Å². The van der Waals surface area contributed by atoms with Crippen molar-refractivity contribution in [3.8, 4) is 5.75 Å². The number of methoxy groups -OCH3 is 2. The third-order valence-corrected chi connectivity index (χ3v) is 2.55. The molecule has 0 fully saturated rings. The van der Waals surface area contributed by atoms with Gasteiger partial charge in [-0.2, -0.15) is 0 Å². The number of carbonyl (C=O) groups excluding carboxylic acids is 2. The highest BCUT2D eigenvalue weighted by Gasteiger charge is 2.08. The number of hydrogen-bond donors (Lipinski definition) is 2. The number of ketones is 1. The van der Waals surface area contributed by atoms with E-state index in [0.29, 0.717) is 11.4 Å². The van der Waals surface area contributed by atoms with Crippen LogP contribution >= 0.6 is 0 Å². The predicted molar refractivity (Wildman–Crippen MR) is 71.3 cm³/mol. The van der Waals surface area contributed by atoms with Gasteiger partial charge in [0.25, 0.3) is 0 Å². The van der Waals surface area contributed by atoms with Gasteiger partial charge in [-0.1, -0.05) is 6.07 Å². The quantitative estimate of drug-likeness (QED) is 0.692. The number of nitrogens with one attached hydrogen (secondary N) is 1. The average Bonchev–Trinajstić information content (AvgIpc) is 2.44. The molecule has 1 rings (SSSR count). The zero-order valence-electron chi connectivity index (χ0n) is 11.1. The van der Waals surface area contributed by atoms with Crippen molar-refractivity contribution in [1.82, 2.24) is 0 Å². The Bertz CT molecular complexity index is 460. The van der Waals surface area contributed by atoms with Gasteiger partial charge in [-0.05, 0) is 17.7 Å². The molecule has 6 nitrogen and oxygen atoms in total. The first-order valence-electron chi connectivity index (χ1n) is 5.80. The van der Waals surface area contributed by atoms with Gasteiger partial charge in [0, 0.05) is 0 Å². The SMILES string of the molecule is COC(=O)Cc1ccc(NCC(=O)CN)c(OC)c1. The van der Waals surface area contributed by atoms with E-state index in [1.165, 1.54) is 14.2 Å². The van der Waals surface area contributed by atoms with E-state index in [0.717, 1.165) is 5.56 Å². The second-order valence-corrected chi connectivity index (χ2v) is 3.88. The molecule has 0 atom stereocenters. The number of nitrogens with two attached hydrogens (primary N) is 1.